The van der Waals surface area contributed by atoms with Crippen LogP contribution in [0.3, 0.4) is 0 Å². The van der Waals surface area contributed by atoms with Crippen molar-refractivity contribution in [2.75, 3.05) is 17.5 Å². The van der Waals surface area contributed by atoms with Gasteiger partial charge in [0.05, 0.1) is 22.3 Å². The molecule has 0 bridgehead atoms. The van der Waals surface area contributed by atoms with Gasteiger partial charge in [0.2, 0.25) is 0 Å². The number of para-hydroxylation sites is 1. The zero-order chi connectivity index (χ0) is 18.6. The first-order chi connectivity index (χ1) is 11.8. The van der Waals surface area contributed by atoms with Crippen molar-refractivity contribution >= 4 is 56.5 Å². The number of esters is 1. The zero-order valence-corrected chi connectivity index (χ0v) is 16.2. The van der Waals surface area contributed by atoms with Gasteiger partial charge in [-0.1, -0.05) is 46.9 Å². The standard InChI is InChI=1S/C16H14Cl3NO4S/c1-2-24-16(21)10-20(14-6-4-3-5-12(14)18)25(22,23)15-9-11(17)7-8-13(15)19/h3-9H,2,10H2,1H3. The molecule has 0 aliphatic rings. The summed E-state index contributed by atoms with van der Waals surface area (Å²) >= 11 is 18.1. The Hall–Kier alpha value is -1.47. The lowest BCUT2D eigenvalue weighted by molar-refractivity contribution is -0.141. The summed E-state index contributed by atoms with van der Waals surface area (Å²) in [5.74, 6) is -0.718. The highest BCUT2D eigenvalue weighted by atomic mass is 35.5. The quantitative estimate of drug-likeness (QED) is 0.647. The van der Waals surface area contributed by atoms with Gasteiger partial charge in [-0.15, -0.1) is 0 Å². The van der Waals surface area contributed by atoms with E-state index in [0.29, 0.717) is 0 Å². The van der Waals surface area contributed by atoms with Crippen LogP contribution in [0.15, 0.2) is 47.4 Å². The highest BCUT2D eigenvalue weighted by molar-refractivity contribution is 7.93. The van der Waals surface area contributed by atoms with Crippen molar-refractivity contribution in [1.82, 2.24) is 0 Å². The fourth-order valence-electron chi connectivity index (χ4n) is 2.07. The van der Waals surface area contributed by atoms with Crippen LogP contribution < -0.4 is 4.31 Å². The lowest BCUT2D eigenvalue weighted by Gasteiger charge is -2.25. The first-order valence-electron chi connectivity index (χ1n) is 7.15. The highest BCUT2D eigenvalue weighted by Crippen LogP contribution is 2.33. The molecule has 2 aromatic rings. The second-order valence-electron chi connectivity index (χ2n) is 4.84. The second-order valence-corrected chi connectivity index (χ2v) is 7.92. The summed E-state index contributed by atoms with van der Waals surface area (Å²) in [6.45, 7) is 1.19. The molecule has 0 radical (unpaired) electrons. The molecule has 0 atom stereocenters. The maximum absolute atomic E-state index is 13.1. The smallest absolute Gasteiger partial charge is 0.326 e. The van der Waals surface area contributed by atoms with Gasteiger partial charge in [0.1, 0.15) is 11.4 Å². The largest absolute Gasteiger partial charge is 0.465 e. The highest BCUT2D eigenvalue weighted by Gasteiger charge is 2.31. The Balaban J connectivity index is 2.59. The lowest BCUT2D eigenvalue weighted by Crippen LogP contribution is -2.37. The van der Waals surface area contributed by atoms with Gasteiger partial charge in [0, 0.05) is 5.02 Å². The second kappa shape index (κ2) is 8.27. The Bertz CT molecular complexity index is 887. The van der Waals surface area contributed by atoms with Gasteiger partial charge in [0.15, 0.2) is 0 Å². The third-order valence-electron chi connectivity index (χ3n) is 3.16. The average Bonchev–Trinajstić information content (AvgIpc) is 2.56. The molecule has 0 aromatic heterocycles. The molecule has 25 heavy (non-hydrogen) atoms. The van der Waals surface area contributed by atoms with Crippen LogP contribution >= 0.6 is 34.8 Å². The normalized spacial score (nSPS) is 11.2. The van der Waals surface area contributed by atoms with Gasteiger partial charge in [-0.25, -0.2) is 8.42 Å². The number of carbonyl (C=O) groups is 1. The molecule has 5 nitrogen and oxygen atoms in total. The Kier molecular flexibility index (Phi) is 6.57. The van der Waals surface area contributed by atoms with E-state index in [1.54, 1.807) is 19.1 Å². The van der Waals surface area contributed by atoms with E-state index in [4.69, 9.17) is 39.5 Å². The first-order valence-corrected chi connectivity index (χ1v) is 9.72. The van der Waals surface area contributed by atoms with Crippen molar-refractivity contribution in [2.24, 2.45) is 0 Å². The van der Waals surface area contributed by atoms with Crippen molar-refractivity contribution in [1.29, 1.82) is 0 Å². The fraction of sp³-hybridized carbons (Fsp3) is 0.188. The number of anilines is 1. The van der Waals surface area contributed by atoms with Gasteiger partial charge in [-0.3, -0.25) is 9.10 Å². The summed E-state index contributed by atoms with van der Waals surface area (Å²) < 4.78 is 32.0. The number of nitrogens with zero attached hydrogens (tertiary/aromatic N) is 1. The third-order valence-corrected chi connectivity index (χ3v) is 5.96. The number of sulfonamides is 1. The SMILES string of the molecule is CCOC(=O)CN(c1ccccc1Cl)S(=O)(=O)c1cc(Cl)ccc1Cl. The van der Waals surface area contributed by atoms with Crippen molar-refractivity contribution < 1.29 is 17.9 Å². The Morgan fingerprint density at radius 2 is 1.76 bits per heavy atom. The number of ether oxygens (including phenoxy) is 1. The number of benzene rings is 2. The number of hydrogen-bond acceptors (Lipinski definition) is 4. The van der Waals surface area contributed by atoms with Crippen LogP contribution in [-0.4, -0.2) is 27.5 Å². The van der Waals surface area contributed by atoms with Crippen LogP contribution in [0.4, 0.5) is 5.69 Å². The molecule has 0 N–H and O–H groups in total. The molecule has 0 fully saturated rings. The molecule has 0 aliphatic carbocycles. The summed E-state index contributed by atoms with van der Waals surface area (Å²) in [4.78, 5) is 11.7. The summed E-state index contributed by atoms with van der Waals surface area (Å²) in [6, 6.07) is 10.3. The molecule has 0 saturated carbocycles. The number of halogens is 3. The molecule has 0 aliphatic heterocycles. The molecular weight excluding hydrogens is 409 g/mol. The van der Waals surface area contributed by atoms with Gasteiger partial charge < -0.3 is 4.74 Å². The summed E-state index contributed by atoms with van der Waals surface area (Å²) in [6.07, 6.45) is 0. The van der Waals surface area contributed by atoms with Crippen molar-refractivity contribution in [3.8, 4) is 0 Å². The van der Waals surface area contributed by atoms with E-state index in [9.17, 15) is 13.2 Å². The number of hydrogen-bond donors (Lipinski definition) is 0. The average molecular weight is 423 g/mol. The summed E-state index contributed by atoms with van der Waals surface area (Å²) in [7, 11) is -4.21. The third kappa shape index (κ3) is 4.58. The maximum Gasteiger partial charge on any atom is 0.326 e. The molecule has 134 valence electrons. The van der Waals surface area contributed by atoms with Crippen LogP contribution in [0.25, 0.3) is 0 Å². The van der Waals surface area contributed by atoms with Crippen LogP contribution in [0.2, 0.25) is 15.1 Å². The van der Waals surface area contributed by atoms with Crippen LogP contribution in [-0.2, 0) is 19.6 Å². The van der Waals surface area contributed by atoms with E-state index in [1.807, 2.05) is 0 Å². The molecule has 0 heterocycles. The van der Waals surface area contributed by atoms with Crippen molar-refractivity contribution in [2.45, 2.75) is 11.8 Å². The molecule has 0 unspecified atom stereocenters. The van der Waals surface area contributed by atoms with Crippen molar-refractivity contribution in [3.63, 3.8) is 0 Å². The Labute approximate surface area is 161 Å². The lowest BCUT2D eigenvalue weighted by atomic mass is 10.3. The van der Waals surface area contributed by atoms with E-state index >= 15 is 0 Å². The van der Waals surface area contributed by atoms with Crippen LogP contribution in [0.1, 0.15) is 6.92 Å². The van der Waals surface area contributed by atoms with Crippen LogP contribution in [0, 0.1) is 0 Å². The number of rotatable bonds is 6. The molecule has 0 spiro atoms. The molecule has 2 aromatic carbocycles. The Morgan fingerprint density at radius 1 is 1.08 bits per heavy atom. The minimum absolute atomic E-state index is 0.0229. The first kappa shape index (κ1) is 19.8. The van der Waals surface area contributed by atoms with Crippen molar-refractivity contribution in [3.05, 3.63) is 57.5 Å². The van der Waals surface area contributed by atoms with Crippen LogP contribution in [0.5, 0.6) is 0 Å². The zero-order valence-electron chi connectivity index (χ0n) is 13.1. The van der Waals surface area contributed by atoms with Gasteiger partial charge in [-0.2, -0.15) is 0 Å². The summed E-state index contributed by atoms with van der Waals surface area (Å²) in [5.41, 5.74) is 0.133. The van der Waals surface area contributed by atoms with E-state index in [0.717, 1.165) is 4.31 Å². The number of carbonyl (C=O) groups excluding carboxylic acids is 1. The molecule has 0 saturated heterocycles. The van der Waals surface area contributed by atoms with E-state index in [2.05, 4.69) is 0 Å². The topological polar surface area (TPSA) is 63.7 Å². The predicted octanol–water partition coefficient (Wildman–Crippen LogP) is 4.41. The fourth-order valence-corrected chi connectivity index (χ4v) is 4.53. The monoisotopic (exact) mass is 421 g/mol. The minimum Gasteiger partial charge on any atom is -0.465 e. The van der Waals surface area contributed by atoms with E-state index < -0.39 is 22.5 Å². The van der Waals surface area contributed by atoms with E-state index in [1.165, 1.54) is 30.3 Å². The van der Waals surface area contributed by atoms with Gasteiger partial charge >= 0.3 is 5.97 Å². The van der Waals surface area contributed by atoms with E-state index in [-0.39, 0.29) is 32.3 Å². The molecule has 9 heteroatoms. The summed E-state index contributed by atoms with van der Waals surface area (Å²) in [5, 5.41) is 0.331. The molecular formula is C16H14Cl3NO4S. The van der Waals surface area contributed by atoms with Gasteiger partial charge in [0.25, 0.3) is 10.0 Å². The van der Waals surface area contributed by atoms with Gasteiger partial charge in [-0.05, 0) is 37.3 Å². The molecule has 0 amide bonds. The minimum atomic E-state index is -4.21. The maximum atomic E-state index is 13.1. The predicted molar refractivity (Wildman–Crippen MR) is 99.1 cm³/mol. The molecule has 2 rings (SSSR count). The Morgan fingerprint density at radius 3 is 2.40 bits per heavy atom.